The van der Waals surface area contributed by atoms with Gasteiger partial charge in [0.25, 0.3) is 5.91 Å². The number of piperazine rings is 1. The van der Waals surface area contributed by atoms with Crippen LogP contribution in [0.2, 0.25) is 0 Å². The third kappa shape index (κ3) is 6.53. The van der Waals surface area contributed by atoms with Gasteiger partial charge in [-0.15, -0.1) is 0 Å². The van der Waals surface area contributed by atoms with Crippen LogP contribution in [0.1, 0.15) is 41.8 Å². The van der Waals surface area contributed by atoms with Crippen LogP contribution < -0.4 is 16.0 Å². The Morgan fingerprint density at radius 1 is 1.18 bits per heavy atom. The second-order valence-electron chi connectivity index (χ2n) is 8.75. The lowest BCUT2D eigenvalue weighted by atomic mass is 9.99. The third-order valence-electron chi connectivity index (χ3n) is 5.69. The fourth-order valence-corrected chi connectivity index (χ4v) is 3.81. The first-order valence-corrected chi connectivity index (χ1v) is 11.1. The number of phenolic OH excluding ortho intramolecular Hbond substituents is 1. The molecule has 2 rings (SSSR count). The highest BCUT2D eigenvalue weighted by atomic mass is 16.4. The molecular formula is C23H32N4O7. The number of carboxylic acids is 1. The quantitative estimate of drug-likeness (QED) is 0.304. The van der Waals surface area contributed by atoms with Crippen molar-refractivity contribution in [3.05, 3.63) is 28.8 Å². The lowest BCUT2D eigenvalue weighted by Gasteiger charge is -2.38. The van der Waals surface area contributed by atoms with Gasteiger partial charge >= 0.3 is 5.97 Å². The molecule has 186 valence electrons. The van der Waals surface area contributed by atoms with Crippen LogP contribution in [-0.2, 0) is 19.2 Å². The number of rotatable bonds is 9. The van der Waals surface area contributed by atoms with Crippen molar-refractivity contribution < 1.29 is 34.2 Å². The predicted octanol–water partition coefficient (Wildman–Crippen LogP) is -0.278. The van der Waals surface area contributed by atoms with Crippen molar-refractivity contribution in [3.63, 3.8) is 0 Å². The van der Waals surface area contributed by atoms with E-state index in [9.17, 15) is 29.1 Å². The monoisotopic (exact) mass is 476 g/mol. The van der Waals surface area contributed by atoms with Gasteiger partial charge in [-0.25, -0.2) is 0 Å². The molecule has 1 fully saturated rings. The Kier molecular flexibility index (Phi) is 9.13. The van der Waals surface area contributed by atoms with E-state index in [1.807, 2.05) is 0 Å². The molecule has 1 unspecified atom stereocenters. The van der Waals surface area contributed by atoms with Crippen LogP contribution in [-0.4, -0.2) is 82.8 Å². The number of hydrogen-bond donors (Lipinski definition) is 5. The number of nitrogens with zero attached hydrogens (tertiary/aromatic N) is 1. The minimum absolute atomic E-state index is 0.0965. The number of aldehydes is 1. The van der Waals surface area contributed by atoms with Gasteiger partial charge in [0.1, 0.15) is 24.1 Å². The lowest BCUT2D eigenvalue weighted by molar-refractivity contribution is -0.145. The summed E-state index contributed by atoms with van der Waals surface area (Å²) in [6.45, 7) is 7.61. The molecule has 0 saturated carbocycles. The van der Waals surface area contributed by atoms with E-state index in [1.54, 1.807) is 27.7 Å². The standard InChI is InChI=1S/C23H32N4O7/c1-12(2)19(26-21(32)15-7-13(3)20(31)14(4)8-15)23(34)27-6-5-24-10-17(27)22(33)25-16(11-28)9-18(29)30/h7-8,11-12,16-17,19,24,31H,5-6,9-10H2,1-4H3,(H,25,33)(H,26,32)(H,29,30)/t16-,17?,19-/m0/s1. The first-order valence-electron chi connectivity index (χ1n) is 11.1. The second kappa shape index (κ2) is 11.6. The Morgan fingerprint density at radius 2 is 1.79 bits per heavy atom. The molecule has 1 heterocycles. The Hall–Kier alpha value is -3.47. The predicted molar refractivity (Wildman–Crippen MR) is 122 cm³/mol. The molecule has 1 aromatic carbocycles. The van der Waals surface area contributed by atoms with Crippen LogP contribution in [0, 0.1) is 19.8 Å². The largest absolute Gasteiger partial charge is 0.507 e. The fraction of sp³-hybridized carbons (Fsp3) is 0.522. The van der Waals surface area contributed by atoms with Gasteiger partial charge in [-0.1, -0.05) is 13.8 Å². The molecule has 0 spiro atoms. The molecule has 1 aliphatic heterocycles. The van der Waals surface area contributed by atoms with Crippen molar-refractivity contribution in [3.8, 4) is 5.75 Å². The maximum Gasteiger partial charge on any atom is 0.305 e. The number of aromatic hydroxyl groups is 1. The maximum absolute atomic E-state index is 13.4. The number of carboxylic acid groups (broad SMARTS) is 1. The van der Waals surface area contributed by atoms with Crippen molar-refractivity contribution in [2.24, 2.45) is 5.92 Å². The van der Waals surface area contributed by atoms with E-state index < -0.39 is 48.2 Å². The highest BCUT2D eigenvalue weighted by molar-refractivity contribution is 5.99. The minimum Gasteiger partial charge on any atom is -0.507 e. The third-order valence-corrected chi connectivity index (χ3v) is 5.69. The van der Waals surface area contributed by atoms with Crippen molar-refractivity contribution in [1.82, 2.24) is 20.9 Å². The normalized spacial score (nSPS) is 17.6. The molecule has 11 nitrogen and oxygen atoms in total. The first kappa shape index (κ1) is 26.8. The van der Waals surface area contributed by atoms with Gasteiger partial charge in [-0.05, 0) is 43.0 Å². The summed E-state index contributed by atoms with van der Waals surface area (Å²) in [4.78, 5) is 62.6. The maximum atomic E-state index is 13.4. The topological polar surface area (TPSA) is 165 Å². The summed E-state index contributed by atoms with van der Waals surface area (Å²) in [7, 11) is 0. The molecule has 0 aromatic heterocycles. The summed E-state index contributed by atoms with van der Waals surface area (Å²) < 4.78 is 0. The average molecular weight is 477 g/mol. The van der Waals surface area contributed by atoms with E-state index >= 15 is 0 Å². The van der Waals surface area contributed by atoms with E-state index in [0.29, 0.717) is 29.5 Å². The summed E-state index contributed by atoms with van der Waals surface area (Å²) in [6, 6.07) is -0.0685. The van der Waals surface area contributed by atoms with Gasteiger partial charge in [-0.2, -0.15) is 0 Å². The molecule has 3 atom stereocenters. The number of aliphatic carboxylic acids is 1. The minimum atomic E-state index is -1.24. The summed E-state index contributed by atoms with van der Waals surface area (Å²) in [6.07, 6.45) is -0.229. The van der Waals surface area contributed by atoms with E-state index in [-0.39, 0.29) is 24.8 Å². The molecule has 11 heteroatoms. The molecule has 1 aromatic rings. The van der Waals surface area contributed by atoms with Crippen LogP contribution >= 0.6 is 0 Å². The van der Waals surface area contributed by atoms with Crippen LogP contribution in [0.25, 0.3) is 0 Å². The van der Waals surface area contributed by atoms with Gasteiger partial charge in [0.05, 0.1) is 12.5 Å². The van der Waals surface area contributed by atoms with Gasteiger partial charge in [0.2, 0.25) is 11.8 Å². The Labute approximate surface area is 197 Å². The van der Waals surface area contributed by atoms with Crippen molar-refractivity contribution in [2.45, 2.75) is 52.2 Å². The Balaban J connectivity index is 2.21. The number of carbonyl (C=O) groups is 5. The Bertz CT molecular complexity index is 940. The molecule has 3 amide bonds. The van der Waals surface area contributed by atoms with Crippen LogP contribution in [0.4, 0.5) is 0 Å². The zero-order chi connectivity index (χ0) is 25.6. The zero-order valence-electron chi connectivity index (χ0n) is 19.8. The highest BCUT2D eigenvalue weighted by Gasteiger charge is 2.38. The van der Waals surface area contributed by atoms with Crippen LogP contribution in [0.5, 0.6) is 5.75 Å². The summed E-state index contributed by atoms with van der Waals surface area (Å²) in [5, 5.41) is 27.0. The van der Waals surface area contributed by atoms with Crippen molar-refractivity contribution >= 4 is 30.0 Å². The van der Waals surface area contributed by atoms with Gasteiger partial charge in [0.15, 0.2) is 0 Å². The zero-order valence-corrected chi connectivity index (χ0v) is 19.8. The smallest absolute Gasteiger partial charge is 0.305 e. The number of benzene rings is 1. The molecule has 1 saturated heterocycles. The molecular weight excluding hydrogens is 444 g/mol. The highest BCUT2D eigenvalue weighted by Crippen LogP contribution is 2.23. The van der Waals surface area contributed by atoms with Gasteiger partial charge in [-0.3, -0.25) is 19.2 Å². The van der Waals surface area contributed by atoms with E-state index in [1.165, 1.54) is 17.0 Å². The number of amides is 3. The van der Waals surface area contributed by atoms with E-state index in [4.69, 9.17) is 5.11 Å². The summed E-state index contributed by atoms with van der Waals surface area (Å²) >= 11 is 0. The van der Waals surface area contributed by atoms with Crippen LogP contribution in [0.3, 0.4) is 0 Å². The number of carbonyl (C=O) groups excluding carboxylic acids is 4. The average Bonchev–Trinajstić information content (AvgIpc) is 2.78. The SMILES string of the molecule is Cc1cc(C(=O)N[C@H](C(=O)N2CCNCC2C(=O)N[C@H](C=O)CC(=O)O)C(C)C)cc(C)c1O. The first-order chi connectivity index (χ1) is 16.0. The number of hydrogen-bond acceptors (Lipinski definition) is 7. The van der Waals surface area contributed by atoms with Crippen molar-refractivity contribution in [1.29, 1.82) is 0 Å². The molecule has 34 heavy (non-hydrogen) atoms. The number of aryl methyl sites for hydroxylation is 2. The van der Waals surface area contributed by atoms with E-state index in [2.05, 4.69) is 16.0 Å². The van der Waals surface area contributed by atoms with Gasteiger partial charge < -0.3 is 35.9 Å². The summed E-state index contributed by atoms with van der Waals surface area (Å²) in [5.41, 5.74) is 1.35. The number of phenols is 1. The molecule has 5 N–H and O–H groups in total. The van der Waals surface area contributed by atoms with Gasteiger partial charge in [0, 0.05) is 25.2 Å². The second-order valence-corrected chi connectivity index (χ2v) is 8.75. The molecule has 1 aliphatic rings. The van der Waals surface area contributed by atoms with E-state index in [0.717, 1.165) is 0 Å². The molecule has 0 radical (unpaired) electrons. The fourth-order valence-electron chi connectivity index (χ4n) is 3.81. The summed E-state index contributed by atoms with van der Waals surface area (Å²) in [5.74, 6) is -3.05. The Morgan fingerprint density at radius 3 is 2.32 bits per heavy atom. The van der Waals surface area contributed by atoms with Crippen molar-refractivity contribution in [2.75, 3.05) is 19.6 Å². The number of nitrogens with one attached hydrogen (secondary N) is 3. The lowest BCUT2D eigenvalue weighted by Crippen LogP contribution is -2.64. The molecule has 0 aliphatic carbocycles. The molecule has 0 bridgehead atoms. The van der Waals surface area contributed by atoms with Crippen LogP contribution in [0.15, 0.2) is 12.1 Å².